The SMILES string of the molecule is CC(C)(C)c1ccc(C(O)Cc2sccc2Br)s1. The van der Waals surface area contributed by atoms with Gasteiger partial charge >= 0.3 is 0 Å². The molecule has 4 heteroatoms. The molecule has 2 aromatic heterocycles. The molecule has 0 amide bonds. The van der Waals surface area contributed by atoms with Gasteiger partial charge in [-0.2, -0.15) is 0 Å². The molecule has 0 aliphatic carbocycles. The Morgan fingerprint density at radius 1 is 1.28 bits per heavy atom. The molecule has 0 spiro atoms. The van der Waals surface area contributed by atoms with E-state index in [0.717, 1.165) is 9.35 Å². The molecule has 0 saturated heterocycles. The van der Waals surface area contributed by atoms with E-state index in [1.165, 1.54) is 9.75 Å². The van der Waals surface area contributed by atoms with Crippen molar-refractivity contribution in [1.29, 1.82) is 0 Å². The predicted octanol–water partition coefficient (Wildman–Crippen LogP) is 5.15. The lowest BCUT2D eigenvalue weighted by molar-refractivity contribution is 0.183. The smallest absolute Gasteiger partial charge is 0.0930 e. The van der Waals surface area contributed by atoms with Gasteiger partial charge in [0.25, 0.3) is 0 Å². The first-order valence-electron chi connectivity index (χ1n) is 5.88. The van der Waals surface area contributed by atoms with Crippen LogP contribution in [0.15, 0.2) is 28.1 Å². The Hall–Kier alpha value is -0.160. The lowest BCUT2D eigenvalue weighted by Gasteiger charge is -2.15. The van der Waals surface area contributed by atoms with Crippen molar-refractivity contribution < 1.29 is 5.11 Å². The third kappa shape index (κ3) is 3.23. The van der Waals surface area contributed by atoms with Crippen molar-refractivity contribution in [3.05, 3.63) is 42.7 Å². The second kappa shape index (κ2) is 5.45. The maximum atomic E-state index is 10.3. The van der Waals surface area contributed by atoms with Crippen molar-refractivity contribution in [1.82, 2.24) is 0 Å². The van der Waals surface area contributed by atoms with Crippen molar-refractivity contribution >= 4 is 38.6 Å². The zero-order valence-corrected chi connectivity index (χ0v) is 14.0. The third-order valence-corrected chi connectivity index (χ3v) is 6.33. The van der Waals surface area contributed by atoms with Crippen LogP contribution in [0.25, 0.3) is 0 Å². The monoisotopic (exact) mass is 344 g/mol. The fraction of sp³-hybridized carbons (Fsp3) is 0.429. The van der Waals surface area contributed by atoms with Crippen molar-refractivity contribution in [2.45, 2.75) is 38.7 Å². The molecule has 0 bridgehead atoms. The van der Waals surface area contributed by atoms with E-state index in [4.69, 9.17) is 0 Å². The second-order valence-electron chi connectivity index (χ2n) is 5.36. The van der Waals surface area contributed by atoms with Gasteiger partial charge in [0, 0.05) is 25.5 Å². The molecule has 2 heterocycles. The highest BCUT2D eigenvalue weighted by Crippen LogP contribution is 2.35. The fourth-order valence-electron chi connectivity index (χ4n) is 1.68. The minimum absolute atomic E-state index is 0.159. The third-order valence-electron chi connectivity index (χ3n) is 2.76. The minimum Gasteiger partial charge on any atom is -0.387 e. The van der Waals surface area contributed by atoms with E-state index in [9.17, 15) is 5.11 Å². The lowest BCUT2D eigenvalue weighted by atomic mass is 9.95. The predicted molar refractivity (Wildman–Crippen MR) is 83.7 cm³/mol. The van der Waals surface area contributed by atoms with Gasteiger partial charge in [-0.1, -0.05) is 20.8 Å². The summed E-state index contributed by atoms with van der Waals surface area (Å²) in [6.45, 7) is 6.60. The molecule has 98 valence electrons. The first kappa shape index (κ1) is 14.3. The molecule has 1 N–H and O–H groups in total. The minimum atomic E-state index is -0.402. The van der Waals surface area contributed by atoms with Gasteiger partial charge in [-0.15, -0.1) is 22.7 Å². The standard InChI is InChI=1S/C14H17BrOS2/c1-14(2,3)13-5-4-11(18-13)10(16)8-12-9(15)6-7-17-12/h4-7,10,16H,8H2,1-3H3. The summed E-state index contributed by atoms with van der Waals surface area (Å²) < 4.78 is 1.10. The number of hydrogen-bond acceptors (Lipinski definition) is 3. The number of rotatable bonds is 3. The molecule has 2 rings (SSSR count). The molecule has 0 aliphatic heterocycles. The molecule has 0 aliphatic rings. The maximum absolute atomic E-state index is 10.3. The largest absolute Gasteiger partial charge is 0.387 e. The molecule has 0 fully saturated rings. The van der Waals surface area contributed by atoms with E-state index in [1.807, 2.05) is 11.4 Å². The van der Waals surface area contributed by atoms with Gasteiger partial charge in [0.2, 0.25) is 0 Å². The molecule has 2 aromatic rings. The van der Waals surface area contributed by atoms with Crippen LogP contribution in [0.5, 0.6) is 0 Å². The van der Waals surface area contributed by atoms with Crippen molar-refractivity contribution in [3.63, 3.8) is 0 Å². The Morgan fingerprint density at radius 3 is 2.50 bits per heavy atom. The molecule has 0 radical (unpaired) electrons. The van der Waals surface area contributed by atoms with E-state index >= 15 is 0 Å². The van der Waals surface area contributed by atoms with Gasteiger partial charge < -0.3 is 5.11 Å². The van der Waals surface area contributed by atoms with Crippen LogP contribution in [0.1, 0.15) is 41.5 Å². The normalized spacial score (nSPS) is 13.8. The van der Waals surface area contributed by atoms with E-state index < -0.39 is 6.10 Å². The van der Waals surface area contributed by atoms with Crippen LogP contribution in [-0.2, 0) is 11.8 Å². The van der Waals surface area contributed by atoms with Gasteiger partial charge in [0.05, 0.1) is 6.10 Å². The molecule has 0 saturated carbocycles. The van der Waals surface area contributed by atoms with Crippen molar-refractivity contribution in [2.24, 2.45) is 0 Å². The maximum Gasteiger partial charge on any atom is 0.0930 e. The summed E-state index contributed by atoms with van der Waals surface area (Å²) in [4.78, 5) is 3.58. The number of aliphatic hydroxyl groups is 1. The van der Waals surface area contributed by atoms with Crippen LogP contribution in [-0.4, -0.2) is 5.11 Å². The van der Waals surface area contributed by atoms with Gasteiger partial charge in [0.1, 0.15) is 0 Å². The summed E-state index contributed by atoms with van der Waals surface area (Å²) in [6, 6.07) is 6.21. The summed E-state index contributed by atoms with van der Waals surface area (Å²) in [5.74, 6) is 0. The average Bonchev–Trinajstić information content (AvgIpc) is 2.87. The molecule has 18 heavy (non-hydrogen) atoms. The Kier molecular flexibility index (Phi) is 4.32. The van der Waals surface area contributed by atoms with E-state index in [1.54, 1.807) is 22.7 Å². The Bertz CT molecular complexity index is 522. The Morgan fingerprint density at radius 2 is 2.00 bits per heavy atom. The van der Waals surface area contributed by atoms with Crippen LogP contribution in [0, 0.1) is 0 Å². The molecule has 1 unspecified atom stereocenters. The number of thiophene rings is 2. The quantitative estimate of drug-likeness (QED) is 0.816. The van der Waals surface area contributed by atoms with Gasteiger partial charge in [0.15, 0.2) is 0 Å². The van der Waals surface area contributed by atoms with Gasteiger partial charge in [-0.3, -0.25) is 0 Å². The Balaban J connectivity index is 2.12. The van der Waals surface area contributed by atoms with Crippen LogP contribution in [0.2, 0.25) is 0 Å². The molecule has 0 aromatic carbocycles. The summed E-state index contributed by atoms with van der Waals surface area (Å²) in [5, 5.41) is 12.3. The van der Waals surface area contributed by atoms with Crippen LogP contribution >= 0.6 is 38.6 Å². The van der Waals surface area contributed by atoms with Gasteiger partial charge in [-0.25, -0.2) is 0 Å². The van der Waals surface area contributed by atoms with Crippen molar-refractivity contribution in [2.75, 3.05) is 0 Å². The molecular weight excluding hydrogens is 328 g/mol. The van der Waals surface area contributed by atoms with Crippen LogP contribution in [0.3, 0.4) is 0 Å². The lowest BCUT2D eigenvalue weighted by Crippen LogP contribution is -2.07. The molecule has 1 atom stereocenters. The average molecular weight is 345 g/mol. The topological polar surface area (TPSA) is 20.2 Å². The molecule has 1 nitrogen and oxygen atoms in total. The van der Waals surface area contributed by atoms with E-state index in [2.05, 4.69) is 48.8 Å². The second-order valence-corrected chi connectivity index (χ2v) is 8.33. The molecular formula is C14H17BrOS2. The summed E-state index contributed by atoms with van der Waals surface area (Å²) >= 11 is 6.90. The summed E-state index contributed by atoms with van der Waals surface area (Å²) in [7, 11) is 0. The zero-order valence-electron chi connectivity index (χ0n) is 10.7. The van der Waals surface area contributed by atoms with Crippen molar-refractivity contribution in [3.8, 4) is 0 Å². The summed E-state index contributed by atoms with van der Waals surface area (Å²) in [5.41, 5.74) is 0.159. The number of hydrogen-bond donors (Lipinski definition) is 1. The van der Waals surface area contributed by atoms with Gasteiger partial charge in [-0.05, 0) is 44.9 Å². The number of aliphatic hydroxyl groups excluding tert-OH is 1. The van der Waals surface area contributed by atoms with E-state index in [-0.39, 0.29) is 5.41 Å². The fourth-order valence-corrected chi connectivity index (χ4v) is 4.29. The van der Waals surface area contributed by atoms with E-state index in [0.29, 0.717) is 6.42 Å². The first-order valence-corrected chi connectivity index (χ1v) is 8.37. The highest BCUT2D eigenvalue weighted by molar-refractivity contribution is 9.10. The summed E-state index contributed by atoms with van der Waals surface area (Å²) in [6.07, 6.45) is 0.281. The first-order chi connectivity index (χ1) is 8.38. The van der Waals surface area contributed by atoms with Crippen LogP contribution in [0.4, 0.5) is 0 Å². The highest BCUT2D eigenvalue weighted by atomic mass is 79.9. The number of halogens is 1. The Labute approximate surface area is 125 Å². The highest BCUT2D eigenvalue weighted by Gasteiger charge is 2.19. The van der Waals surface area contributed by atoms with Crippen LogP contribution < -0.4 is 0 Å². The zero-order chi connectivity index (χ0) is 13.3.